The van der Waals surface area contributed by atoms with E-state index in [1.165, 1.54) is 13.2 Å². The summed E-state index contributed by atoms with van der Waals surface area (Å²) in [6.45, 7) is 5.56. The number of ether oxygens (including phenoxy) is 2. The number of nitrogens with one attached hydrogen (secondary N) is 1. The minimum Gasteiger partial charge on any atom is -0.494 e. The molecule has 29 heavy (non-hydrogen) atoms. The summed E-state index contributed by atoms with van der Waals surface area (Å²) >= 11 is 3.54. The molecule has 1 aliphatic rings. The first-order chi connectivity index (χ1) is 13.7. The van der Waals surface area contributed by atoms with Crippen LogP contribution in [-0.2, 0) is 4.74 Å². The van der Waals surface area contributed by atoms with Crippen LogP contribution in [0.1, 0.15) is 52.5 Å². The molecule has 0 spiro atoms. The molecule has 0 bridgehead atoms. The lowest BCUT2D eigenvalue weighted by molar-refractivity contribution is 0.0487. The highest BCUT2D eigenvalue weighted by molar-refractivity contribution is 9.10. The summed E-state index contributed by atoms with van der Waals surface area (Å²) in [5, 5.41) is 7.64. The molecule has 1 fully saturated rings. The van der Waals surface area contributed by atoms with E-state index in [0.29, 0.717) is 11.3 Å². The third-order valence-electron chi connectivity index (χ3n) is 4.90. The van der Waals surface area contributed by atoms with Gasteiger partial charge in [-0.15, -0.1) is 0 Å². The fraction of sp³-hybridized carbons (Fsp3) is 0.524. The van der Waals surface area contributed by atoms with Crippen LogP contribution in [0.2, 0.25) is 0 Å². The number of carbonyl (C=O) groups excluding carboxylic acids is 1. The number of benzene rings is 1. The number of hydrogen-bond donors (Lipinski definition) is 1. The van der Waals surface area contributed by atoms with Crippen LogP contribution in [0.3, 0.4) is 0 Å². The van der Waals surface area contributed by atoms with Gasteiger partial charge in [0.25, 0.3) is 0 Å². The van der Waals surface area contributed by atoms with Crippen molar-refractivity contribution in [1.82, 2.24) is 15.1 Å². The SMILES string of the molecule is COc1ccc(-c2nn(C3CCC(NC(=O)OC(C)(C)C)CC3)cc2Br)cc1F. The van der Waals surface area contributed by atoms with Crippen molar-refractivity contribution >= 4 is 22.0 Å². The van der Waals surface area contributed by atoms with Crippen molar-refractivity contribution in [1.29, 1.82) is 0 Å². The van der Waals surface area contributed by atoms with Gasteiger partial charge in [-0.2, -0.15) is 5.10 Å². The molecule has 0 saturated heterocycles. The topological polar surface area (TPSA) is 65.4 Å². The summed E-state index contributed by atoms with van der Waals surface area (Å²) in [4.78, 5) is 12.0. The first-order valence-corrected chi connectivity index (χ1v) is 10.5. The molecule has 158 valence electrons. The van der Waals surface area contributed by atoms with Crippen LogP contribution in [0, 0.1) is 5.82 Å². The normalized spacial score (nSPS) is 19.7. The Hall–Kier alpha value is -2.09. The zero-order chi connectivity index (χ0) is 21.2. The number of rotatable bonds is 4. The van der Waals surface area contributed by atoms with Crippen molar-refractivity contribution in [3.63, 3.8) is 0 Å². The lowest BCUT2D eigenvalue weighted by atomic mass is 9.91. The minimum atomic E-state index is -0.500. The molecule has 1 N–H and O–H groups in total. The Labute approximate surface area is 178 Å². The van der Waals surface area contributed by atoms with E-state index in [4.69, 9.17) is 9.47 Å². The molecule has 1 aromatic carbocycles. The number of methoxy groups -OCH3 is 1. The highest BCUT2D eigenvalue weighted by Crippen LogP contribution is 2.34. The number of alkyl carbamates (subject to hydrolysis) is 1. The van der Waals surface area contributed by atoms with Crippen LogP contribution in [0.5, 0.6) is 5.75 Å². The van der Waals surface area contributed by atoms with Crippen molar-refractivity contribution in [2.24, 2.45) is 0 Å². The first-order valence-electron chi connectivity index (χ1n) is 9.74. The van der Waals surface area contributed by atoms with E-state index < -0.39 is 11.4 Å². The summed E-state index contributed by atoms with van der Waals surface area (Å²) in [6, 6.07) is 5.16. The summed E-state index contributed by atoms with van der Waals surface area (Å²) in [6.07, 6.45) is 5.06. The van der Waals surface area contributed by atoms with E-state index in [1.807, 2.05) is 31.6 Å². The largest absolute Gasteiger partial charge is 0.494 e. The van der Waals surface area contributed by atoms with Crippen LogP contribution in [0.4, 0.5) is 9.18 Å². The molecule has 1 saturated carbocycles. The average molecular weight is 468 g/mol. The summed E-state index contributed by atoms with van der Waals surface area (Å²) in [5.74, 6) is -0.208. The van der Waals surface area contributed by atoms with Gasteiger partial charge in [0.05, 0.1) is 17.6 Å². The third kappa shape index (κ3) is 5.50. The Kier molecular flexibility index (Phi) is 6.51. The van der Waals surface area contributed by atoms with E-state index in [1.54, 1.807) is 12.1 Å². The molecule has 0 atom stereocenters. The van der Waals surface area contributed by atoms with Gasteiger partial charge in [0.15, 0.2) is 11.6 Å². The smallest absolute Gasteiger partial charge is 0.407 e. The number of carbonyl (C=O) groups is 1. The second kappa shape index (κ2) is 8.73. The second-order valence-electron chi connectivity index (χ2n) is 8.31. The number of hydrogen-bond acceptors (Lipinski definition) is 4. The molecule has 6 nitrogen and oxygen atoms in total. The number of aromatic nitrogens is 2. The van der Waals surface area contributed by atoms with Crippen molar-refractivity contribution < 1.29 is 18.7 Å². The molecular formula is C21H27BrFN3O3. The highest BCUT2D eigenvalue weighted by atomic mass is 79.9. The molecule has 0 radical (unpaired) electrons. The van der Waals surface area contributed by atoms with Gasteiger partial charge in [-0.25, -0.2) is 9.18 Å². The van der Waals surface area contributed by atoms with Gasteiger partial charge in [-0.1, -0.05) is 0 Å². The van der Waals surface area contributed by atoms with E-state index in [2.05, 4.69) is 26.3 Å². The van der Waals surface area contributed by atoms with E-state index in [-0.39, 0.29) is 23.9 Å². The molecule has 2 aromatic rings. The first kappa shape index (κ1) is 21.6. The Morgan fingerprint density at radius 2 is 1.97 bits per heavy atom. The standard InChI is InChI=1S/C21H27BrFN3O3/c1-21(2,3)29-20(27)24-14-6-8-15(9-7-14)26-12-16(22)19(25-26)13-5-10-18(28-4)17(23)11-13/h5,10-12,14-15H,6-9H2,1-4H3,(H,24,27). The van der Waals surface area contributed by atoms with Gasteiger partial charge >= 0.3 is 6.09 Å². The Bertz CT molecular complexity index is 871. The average Bonchev–Trinajstić information content (AvgIpc) is 3.02. The highest BCUT2D eigenvalue weighted by Gasteiger charge is 2.26. The van der Waals surface area contributed by atoms with Crippen LogP contribution >= 0.6 is 15.9 Å². The Morgan fingerprint density at radius 3 is 2.55 bits per heavy atom. The van der Waals surface area contributed by atoms with Crippen molar-refractivity contribution in [3.05, 3.63) is 34.7 Å². The fourth-order valence-corrected chi connectivity index (χ4v) is 4.04. The summed E-state index contributed by atoms with van der Waals surface area (Å²) < 4.78 is 27.1. The van der Waals surface area contributed by atoms with Gasteiger partial charge in [0.2, 0.25) is 0 Å². The molecule has 1 amide bonds. The van der Waals surface area contributed by atoms with Crippen LogP contribution < -0.4 is 10.1 Å². The minimum absolute atomic E-state index is 0.107. The van der Waals surface area contributed by atoms with Crippen LogP contribution in [-0.4, -0.2) is 34.6 Å². The number of amides is 1. The molecule has 0 unspecified atom stereocenters. The molecular weight excluding hydrogens is 441 g/mol. The zero-order valence-electron chi connectivity index (χ0n) is 17.2. The van der Waals surface area contributed by atoms with Gasteiger partial charge < -0.3 is 14.8 Å². The van der Waals surface area contributed by atoms with Crippen LogP contribution in [0.15, 0.2) is 28.9 Å². The lowest BCUT2D eigenvalue weighted by Gasteiger charge is -2.30. The maximum absolute atomic E-state index is 14.1. The van der Waals surface area contributed by atoms with Gasteiger partial charge in [-0.05, 0) is 80.6 Å². The van der Waals surface area contributed by atoms with Gasteiger partial charge in [-0.3, -0.25) is 4.68 Å². The quantitative estimate of drug-likeness (QED) is 0.647. The monoisotopic (exact) mass is 467 g/mol. The van der Waals surface area contributed by atoms with Crippen LogP contribution in [0.25, 0.3) is 11.3 Å². The maximum Gasteiger partial charge on any atom is 0.407 e. The van der Waals surface area contributed by atoms with E-state index in [0.717, 1.165) is 30.2 Å². The molecule has 1 heterocycles. The predicted octanol–water partition coefficient (Wildman–Crippen LogP) is 5.47. The Balaban J connectivity index is 1.63. The number of halogens is 2. The van der Waals surface area contributed by atoms with E-state index in [9.17, 15) is 9.18 Å². The van der Waals surface area contributed by atoms with Crippen molar-refractivity contribution in [2.45, 2.75) is 64.1 Å². The summed E-state index contributed by atoms with van der Waals surface area (Å²) in [7, 11) is 1.44. The van der Waals surface area contributed by atoms with Crippen molar-refractivity contribution in [2.75, 3.05) is 7.11 Å². The molecule has 8 heteroatoms. The van der Waals surface area contributed by atoms with Gasteiger partial charge in [0, 0.05) is 17.8 Å². The predicted molar refractivity (Wildman–Crippen MR) is 113 cm³/mol. The zero-order valence-corrected chi connectivity index (χ0v) is 18.8. The van der Waals surface area contributed by atoms with Crippen molar-refractivity contribution in [3.8, 4) is 17.0 Å². The molecule has 1 aliphatic carbocycles. The number of nitrogens with zero attached hydrogens (tertiary/aromatic N) is 2. The second-order valence-corrected chi connectivity index (χ2v) is 9.16. The Morgan fingerprint density at radius 1 is 1.28 bits per heavy atom. The molecule has 1 aromatic heterocycles. The molecule has 3 rings (SSSR count). The lowest BCUT2D eigenvalue weighted by Crippen LogP contribution is -2.41. The summed E-state index contributed by atoms with van der Waals surface area (Å²) in [5.41, 5.74) is 0.884. The maximum atomic E-state index is 14.1. The van der Waals surface area contributed by atoms with E-state index >= 15 is 0 Å². The fourth-order valence-electron chi connectivity index (χ4n) is 3.52. The van der Waals surface area contributed by atoms with Gasteiger partial charge in [0.1, 0.15) is 11.3 Å². The molecule has 0 aliphatic heterocycles. The third-order valence-corrected chi connectivity index (χ3v) is 5.48.